The lowest BCUT2D eigenvalue weighted by atomic mass is 10.0. The molecule has 0 heterocycles. The van der Waals surface area contributed by atoms with Gasteiger partial charge < -0.3 is 10.1 Å². The van der Waals surface area contributed by atoms with Crippen molar-refractivity contribution in [2.75, 3.05) is 12.4 Å². The summed E-state index contributed by atoms with van der Waals surface area (Å²) in [5.74, 6) is -1.26. The van der Waals surface area contributed by atoms with Crippen LogP contribution in [-0.4, -0.2) is 23.9 Å². The van der Waals surface area contributed by atoms with Crippen molar-refractivity contribution in [3.8, 4) is 0 Å². The maximum absolute atomic E-state index is 12.7. The predicted octanol–water partition coefficient (Wildman–Crippen LogP) is 3.76. The van der Waals surface area contributed by atoms with E-state index in [1.807, 2.05) is 32.0 Å². The normalized spacial score (nSPS) is 10.3. The molecule has 2 aromatic rings. The van der Waals surface area contributed by atoms with Gasteiger partial charge in [-0.25, -0.2) is 4.79 Å². The third-order valence-electron chi connectivity index (χ3n) is 4.05. The second kappa shape index (κ2) is 8.24. The van der Waals surface area contributed by atoms with Crippen LogP contribution in [0.5, 0.6) is 0 Å². The second-order valence-corrected chi connectivity index (χ2v) is 5.63. The van der Waals surface area contributed by atoms with Gasteiger partial charge in [-0.2, -0.15) is 0 Å². The highest BCUT2D eigenvalue weighted by Crippen LogP contribution is 2.25. The zero-order chi connectivity index (χ0) is 19.3. The number of carbonyl (C=O) groups is 2. The van der Waals surface area contributed by atoms with Crippen LogP contribution in [0.15, 0.2) is 36.4 Å². The maximum Gasteiger partial charge on any atom is 0.338 e. The maximum atomic E-state index is 12.7. The van der Waals surface area contributed by atoms with E-state index in [4.69, 9.17) is 0 Å². The second-order valence-electron chi connectivity index (χ2n) is 5.63. The lowest BCUT2D eigenvalue weighted by Crippen LogP contribution is -2.16. The number of aryl methyl sites for hydroxylation is 2. The van der Waals surface area contributed by atoms with E-state index < -0.39 is 16.8 Å². The molecule has 0 aliphatic rings. The van der Waals surface area contributed by atoms with Crippen LogP contribution < -0.4 is 5.32 Å². The van der Waals surface area contributed by atoms with Gasteiger partial charge in [0.25, 0.3) is 11.6 Å². The fourth-order valence-corrected chi connectivity index (χ4v) is 2.67. The molecule has 0 radical (unpaired) electrons. The number of para-hydroxylation sites is 1. The largest absolute Gasteiger partial charge is 0.465 e. The Morgan fingerprint density at radius 2 is 1.65 bits per heavy atom. The first-order chi connectivity index (χ1) is 12.4. The van der Waals surface area contributed by atoms with Crippen LogP contribution in [0.1, 0.15) is 45.7 Å². The van der Waals surface area contributed by atoms with Crippen LogP contribution in [0.4, 0.5) is 11.4 Å². The van der Waals surface area contributed by atoms with Crippen molar-refractivity contribution >= 4 is 23.3 Å². The number of nitro benzene ring substituents is 1. The van der Waals surface area contributed by atoms with Crippen molar-refractivity contribution in [2.24, 2.45) is 0 Å². The van der Waals surface area contributed by atoms with Crippen molar-refractivity contribution in [2.45, 2.75) is 26.7 Å². The molecule has 1 N–H and O–H groups in total. The summed E-state index contributed by atoms with van der Waals surface area (Å²) in [4.78, 5) is 34.9. The molecule has 26 heavy (non-hydrogen) atoms. The number of hydrogen-bond donors (Lipinski definition) is 1. The summed E-state index contributed by atoms with van der Waals surface area (Å²) in [5, 5.41) is 14.0. The molecule has 0 spiro atoms. The minimum atomic E-state index is -0.744. The van der Waals surface area contributed by atoms with E-state index in [2.05, 4.69) is 10.1 Å². The standard InChI is InChI=1S/C19H20N2O5/c1-4-12-7-6-8-13(5-2)17(12)20-18(22)14-9-15(19(23)26-3)11-16(10-14)21(24)25/h6-11H,4-5H2,1-3H3,(H,20,22). The SMILES string of the molecule is CCc1cccc(CC)c1NC(=O)c1cc(C(=O)OC)cc([N+](=O)[O-])c1. The molecule has 0 aliphatic heterocycles. The fourth-order valence-electron chi connectivity index (χ4n) is 2.67. The first-order valence-electron chi connectivity index (χ1n) is 8.21. The van der Waals surface area contributed by atoms with Crippen LogP contribution in [0.25, 0.3) is 0 Å². The van der Waals surface area contributed by atoms with Crippen LogP contribution in [0.2, 0.25) is 0 Å². The summed E-state index contributed by atoms with van der Waals surface area (Å²) in [6.07, 6.45) is 1.46. The van der Waals surface area contributed by atoms with E-state index in [9.17, 15) is 19.7 Å². The molecule has 136 valence electrons. The Kier molecular flexibility index (Phi) is 6.06. The molecule has 7 nitrogen and oxygen atoms in total. The molecular formula is C19H20N2O5. The van der Waals surface area contributed by atoms with Gasteiger partial charge in [0, 0.05) is 23.4 Å². The number of carbonyl (C=O) groups excluding carboxylic acids is 2. The Balaban J connectivity index is 2.46. The van der Waals surface area contributed by atoms with Gasteiger partial charge >= 0.3 is 5.97 Å². The number of non-ortho nitro benzene ring substituents is 1. The molecule has 0 bridgehead atoms. The molecule has 0 unspecified atom stereocenters. The molecule has 2 rings (SSSR count). The first kappa shape index (κ1) is 19.1. The van der Waals surface area contributed by atoms with Crippen molar-refractivity contribution in [1.29, 1.82) is 0 Å². The summed E-state index contributed by atoms with van der Waals surface area (Å²) >= 11 is 0. The number of methoxy groups -OCH3 is 1. The van der Waals surface area contributed by atoms with Crippen molar-refractivity contribution in [3.63, 3.8) is 0 Å². The smallest absolute Gasteiger partial charge is 0.338 e. The van der Waals surface area contributed by atoms with Crippen LogP contribution in [0, 0.1) is 10.1 Å². The van der Waals surface area contributed by atoms with E-state index in [1.165, 1.54) is 13.2 Å². The fraction of sp³-hybridized carbons (Fsp3) is 0.263. The average Bonchev–Trinajstić information content (AvgIpc) is 2.66. The summed E-state index contributed by atoms with van der Waals surface area (Å²) in [6.45, 7) is 3.96. The first-order valence-corrected chi connectivity index (χ1v) is 8.21. The van der Waals surface area contributed by atoms with Crippen molar-refractivity contribution in [1.82, 2.24) is 0 Å². The van der Waals surface area contributed by atoms with E-state index in [0.29, 0.717) is 5.69 Å². The van der Waals surface area contributed by atoms with Crippen molar-refractivity contribution in [3.05, 3.63) is 68.8 Å². The minimum absolute atomic E-state index is 0.0209. The lowest BCUT2D eigenvalue weighted by molar-refractivity contribution is -0.384. The quantitative estimate of drug-likeness (QED) is 0.483. The van der Waals surface area contributed by atoms with Gasteiger partial charge in [0.05, 0.1) is 17.6 Å². The van der Waals surface area contributed by atoms with Gasteiger partial charge in [-0.05, 0) is 30.0 Å². The van der Waals surface area contributed by atoms with E-state index in [1.54, 1.807) is 0 Å². The van der Waals surface area contributed by atoms with Gasteiger partial charge in [-0.15, -0.1) is 0 Å². The Bertz CT molecular complexity index is 839. The van der Waals surface area contributed by atoms with Crippen LogP contribution in [0.3, 0.4) is 0 Å². The molecule has 7 heteroatoms. The number of esters is 1. The monoisotopic (exact) mass is 356 g/mol. The molecule has 2 aromatic carbocycles. The summed E-state index contributed by atoms with van der Waals surface area (Å²) in [6, 6.07) is 9.27. The number of nitrogens with one attached hydrogen (secondary N) is 1. The predicted molar refractivity (Wildman–Crippen MR) is 97.6 cm³/mol. The summed E-state index contributed by atoms with van der Waals surface area (Å²) < 4.78 is 4.60. The Morgan fingerprint density at radius 1 is 1.08 bits per heavy atom. The molecule has 0 aliphatic carbocycles. The Morgan fingerprint density at radius 3 is 2.15 bits per heavy atom. The molecule has 0 atom stereocenters. The number of benzene rings is 2. The molecular weight excluding hydrogens is 336 g/mol. The van der Waals surface area contributed by atoms with Gasteiger partial charge in [0.1, 0.15) is 0 Å². The molecule has 0 saturated carbocycles. The third-order valence-corrected chi connectivity index (χ3v) is 4.05. The van der Waals surface area contributed by atoms with E-state index in [-0.39, 0.29) is 16.8 Å². The highest BCUT2D eigenvalue weighted by molar-refractivity contribution is 6.07. The summed E-state index contributed by atoms with van der Waals surface area (Å²) in [5.41, 5.74) is 2.26. The number of hydrogen-bond acceptors (Lipinski definition) is 5. The number of nitrogens with zero attached hydrogens (tertiary/aromatic N) is 1. The zero-order valence-electron chi connectivity index (χ0n) is 14.9. The van der Waals surface area contributed by atoms with Gasteiger partial charge in [-0.3, -0.25) is 14.9 Å². The van der Waals surface area contributed by atoms with Gasteiger partial charge in [-0.1, -0.05) is 32.0 Å². The number of nitro groups is 1. The number of ether oxygens (including phenoxy) is 1. The van der Waals surface area contributed by atoms with Crippen LogP contribution in [-0.2, 0) is 17.6 Å². The number of anilines is 1. The molecule has 1 amide bonds. The molecule has 0 fully saturated rings. The Labute approximate surface area is 151 Å². The third kappa shape index (κ3) is 4.05. The topological polar surface area (TPSA) is 98.5 Å². The van der Waals surface area contributed by atoms with Crippen molar-refractivity contribution < 1.29 is 19.2 Å². The van der Waals surface area contributed by atoms with E-state index in [0.717, 1.165) is 36.1 Å². The van der Waals surface area contributed by atoms with Gasteiger partial charge in [0.2, 0.25) is 0 Å². The molecule has 0 aromatic heterocycles. The number of amides is 1. The number of rotatable bonds is 6. The van der Waals surface area contributed by atoms with Gasteiger partial charge in [0.15, 0.2) is 0 Å². The van der Waals surface area contributed by atoms with E-state index >= 15 is 0 Å². The minimum Gasteiger partial charge on any atom is -0.465 e. The summed E-state index contributed by atoms with van der Waals surface area (Å²) in [7, 11) is 1.17. The van der Waals surface area contributed by atoms with Crippen LogP contribution >= 0.6 is 0 Å². The highest BCUT2D eigenvalue weighted by Gasteiger charge is 2.19. The Hall–Kier alpha value is -3.22. The molecule has 0 saturated heterocycles. The average molecular weight is 356 g/mol. The highest BCUT2D eigenvalue weighted by atomic mass is 16.6. The lowest BCUT2D eigenvalue weighted by Gasteiger charge is -2.14. The zero-order valence-corrected chi connectivity index (χ0v) is 14.9.